The van der Waals surface area contributed by atoms with Gasteiger partial charge < -0.3 is 14.5 Å². The molecule has 0 aliphatic carbocycles. The number of rotatable bonds is 3. The van der Waals surface area contributed by atoms with Crippen molar-refractivity contribution < 1.29 is 9.53 Å². The molecule has 1 N–H and O–H groups in total. The molecule has 2 atom stereocenters. The van der Waals surface area contributed by atoms with Gasteiger partial charge in [0, 0.05) is 31.7 Å². The van der Waals surface area contributed by atoms with Gasteiger partial charge in [0.15, 0.2) is 0 Å². The van der Waals surface area contributed by atoms with Crippen molar-refractivity contribution in [3.05, 3.63) is 36.0 Å². The first-order valence-corrected chi connectivity index (χ1v) is 8.31. The minimum absolute atomic E-state index is 0.0549. The third kappa shape index (κ3) is 2.67. The zero-order chi connectivity index (χ0) is 16.7. The van der Waals surface area contributed by atoms with Gasteiger partial charge >= 0.3 is 0 Å². The third-order valence-electron chi connectivity index (χ3n) is 5.15. The number of nitrogens with one attached hydrogen (secondary N) is 1. The zero-order valence-electron chi connectivity index (χ0n) is 14.0. The standard InChI is InChI=1S/C18H22N4O2/c1-21-8-13-10-22(11-14(13)9-21)18(23)17-7-16(19-20-17)12-3-5-15(24-2)6-4-12/h3-7,13-14H,8-11H2,1-2H3,(H,19,20)/t13-,14+. The van der Waals surface area contributed by atoms with E-state index in [-0.39, 0.29) is 5.91 Å². The second-order valence-corrected chi connectivity index (χ2v) is 6.85. The van der Waals surface area contributed by atoms with Crippen LogP contribution in [0.2, 0.25) is 0 Å². The van der Waals surface area contributed by atoms with Crippen LogP contribution in [0.15, 0.2) is 30.3 Å². The molecule has 0 bridgehead atoms. The normalized spacial score (nSPS) is 23.5. The number of likely N-dealkylation sites (tertiary alicyclic amines) is 2. The predicted octanol–water partition coefficient (Wildman–Crippen LogP) is 1.72. The summed E-state index contributed by atoms with van der Waals surface area (Å²) in [5.41, 5.74) is 2.31. The smallest absolute Gasteiger partial charge is 0.271 e. The molecule has 2 saturated heterocycles. The van der Waals surface area contributed by atoms with Crippen molar-refractivity contribution in [3.63, 3.8) is 0 Å². The van der Waals surface area contributed by atoms with Crippen molar-refractivity contribution in [3.8, 4) is 17.0 Å². The molecule has 1 aromatic carbocycles. The van der Waals surface area contributed by atoms with Crippen LogP contribution in [0.5, 0.6) is 5.75 Å². The summed E-state index contributed by atoms with van der Waals surface area (Å²) in [6.07, 6.45) is 0. The van der Waals surface area contributed by atoms with Gasteiger partial charge in [-0.1, -0.05) is 0 Å². The lowest BCUT2D eigenvalue weighted by Crippen LogP contribution is -2.32. The topological polar surface area (TPSA) is 61.5 Å². The average Bonchev–Trinajstić information content (AvgIpc) is 3.28. The maximum Gasteiger partial charge on any atom is 0.271 e. The number of H-pyrrole nitrogens is 1. The van der Waals surface area contributed by atoms with Crippen molar-refractivity contribution in [1.29, 1.82) is 0 Å². The van der Waals surface area contributed by atoms with Crippen LogP contribution in [0.3, 0.4) is 0 Å². The fraction of sp³-hybridized carbons (Fsp3) is 0.444. The Morgan fingerprint density at radius 1 is 1.17 bits per heavy atom. The van der Waals surface area contributed by atoms with Crippen LogP contribution in [-0.2, 0) is 0 Å². The summed E-state index contributed by atoms with van der Waals surface area (Å²) >= 11 is 0. The zero-order valence-corrected chi connectivity index (χ0v) is 14.0. The van der Waals surface area contributed by atoms with Crippen molar-refractivity contribution in [2.45, 2.75) is 0 Å². The van der Waals surface area contributed by atoms with Gasteiger partial charge in [0.25, 0.3) is 5.91 Å². The number of methoxy groups -OCH3 is 1. The fourth-order valence-corrected chi connectivity index (χ4v) is 3.90. The summed E-state index contributed by atoms with van der Waals surface area (Å²) in [5, 5.41) is 7.20. The van der Waals surface area contributed by atoms with E-state index in [4.69, 9.17) is 4.74 Å². The first kappa shape index (κ1) is 15.2. The highest BCUT2D eigenvalue weighted by molar-refractivity contribution is 5.93. The first-order chi connectivity index (χ1) is 11.6. The average molecular weight is 326 g/mol. The number of aromatic nitrogens is 2. The molecule has 6 nitrogen and oxygen atoms in total. The summed E-state index contributed by atoms with van der Waals surface area (Å²) in [6, 6.07) is 9.51. The van der Waals surface area contributed by atoms with Crippen molar-refractivity contribution in [2.24, 2.45) is 11.8 Å². The Labute approximate surface area is 141 Å². The van der Waals surface area contributed by atoms with E-state index in [0.29, 0.717) is 17.5 Å². The number of carbonyl (C=O) groups is 1. The van der Waals surface area contributed by atoms with Crippen LogP contribution in [-0.4, -0.2) is 66.2 Å². The molecule has 0 saturated carbocycles. The lowest BCUT2D eigenvalue weighted by molar-refractivity contribution is 0.0770. The molecule has 2 fully saturated rings. The van der Waals surface area contributed by atoms with Gasteiger partial charge in [-0.25, -0.2) is 0 Å². The van der Waals surface area contributed by atoms with E-state index in [1.165, 1.54) is 0 Å². The molecule has 0 spiro atoms. The number of benzene rings is 1. The Morgan fingerprint density at radius 3 is 2.46 bits per heavy atom. The highest BCUT2D eigenvalue weighted by Gasteiger charge is 2.40. The minimum Gasteiger partial charge on any atom is -0.497 e. The number of hydrogen-bond donors (Lipinski definition) is 1. The monoisotopic (exact) mass is 326 g/mol. The molecule has 6 heteroatoms. The molecule has 24 heavy (non-hydrogen) atoms. The van der Waals surface area contributed by atoms with E-state index in [9.17, 15) is 4.79 Å². The number of aromatic amines is 1. The van der Waals surface area contributed by atoms with Gasteiger partial charge in [-0.2, -0.15) is 5.10 Å². The van der Waals surface area contributed by atoms with Gasteiger partial charge in [0.05, 0.1) is 12.8 Å². The van der Waals surface area contributed by atoms with Crippen LogP contribution in [0.1, 0.15) is 10.5 Å². The largest absolute Gasteiger partial charge is 0.497 e. The number of fused-ring (bicyclic) bond motifs is 1. The molecule has 126 valence electrons. The Bertz CT molecular complexity index is 726. The van der Waals surface area contributed by atoms with Gasteiger partial charge in [-0.15, -0.1) is 0 Å². The van der Waals surface area contributed by atoms with Gasteiger partial charge in [0.1, 0.15) is 11.4 Å². The maximum absolute atomic E-state index is 12.7. The molecule has 2 aromatic rings. The molecule has 2 aliphatic rings. The van der Waals surface area contributed by atoms with Crippen LogP contribution < -0.4 is 4.74 Å². The van der Waals surface area contributed by atoms with Crippen LogP contribution in [0.4, 0.5) is 0 Å². The van der Waals surface area contributed by atoms with Crippen LogP contribution in [0, 0.1) is 11.8 Å². The lowest BCUT2D eigenvalue weighted by Gasteiger charge is -2.18. The van der Waals surface area contributed by atoms with Crippen molar-refractivity contribution in [2.75, 3.05) is 40.3 Å². The van der Waals surface area contributed by atoms with Crippen LogP contribution >= 0.6 is 0 Å². The Hall–Kier alpha value is -2.34. The van der Waals surface area contributed by atoms with Gasteiger partial charge in [-0.3, -0.25) is 9.89 Å². The van der Waals surface area contributed by atoms with E-state index >= 15 is 0 Å². The summed E-state index contributed by atoms with van der Waals surface area (Å²) in [5.74, 6) is 2.09. The molecule has 1 amide bonds. The van der Waals surface area contributed by atoms with Crippen LogP contribution in [0.25, 0.3) is 11.3 Å². The van der Waals surface area contributed by atoms with E-state index in [0.717, 1.165) is 43.2 Å². The Morgan fingerprint density at radius 2 is 1.83 bits per heavy atom. The van der Waals surface area contributed by atoms with Gasteiger partial charge in [-0.05, 0) is 49.2 Å². The Kier molecular flexibility index (Phi) is 3.76. The summed E-state index contributed by atoms with van der Waals surface area (Å²) in [7, 11) is 3.80. The van der Waals surface area contributed by atoms with Crippen molar-refractivity contribution in [1.82, 2.24) is 20.0 Å². The number of carbonyl (C=O) groups excluding carboxylic acids is 1. The van der Waals surface area contributed by atoms with E-state index in [2.05, 4.69) is 22.1 Å². The molecule has 2 aliphatic heterocycles. The molecule has 0 unspecified atom stereocenters. The number of amides is 1. The van der Waals surface area contributed by atoms with Gasteiger partial charge in [0.2, 0.25) is 0 Å². The summed E-state index contributed by atoms with van der Waals surface area (Å²) in [4.78, 5) is 17.0. The highest BCUT2D eigenvalue weighted by atomic mass is 16.5. The maximum atomic E-state index is 12.7. The SMILES string of the molecule is COc1ccc(-c2cc(C(=O)N3C[C@H]4CN(C)C[C@H]4C3)[nH]n2)cc1. The Balaban J connectivity index is 1.47. The molecule has 4 rings (SSSR count). The fourth-order valence-electron chi connectivity index (χ4n) is 3.90. The summed E-state index contributed by atoms with van der Waals surface area (Å²) < 4.78 is 5.17. The third-order valence-corrected chi connectivity index (χ3v) is 5.15. The van der Waals surface area contributed by atoms with E-state index in [1.807, 2.05) is 35.2 Å². The number of hydrogen-bond acceptors (Lipinski definition) is 4. The molecular formula is C18H22N4O2. The number of nitrogens with zero attached hydrogens (tertiary/aromatic N) is 3. The highest BCUT2D eigenvalue weighted by Crippen LogP contribution is 2.31. The molecular weight excluding hydrogens is 304 g/mol. The summed E-state index contributed by atoms with van der Waals surface area (Å²) in [6.45, 7) is 3.89. The predicted molar refractivity (Wildman–Crippen MR) is 91.0 cm³/mol. The molecule has 1 aromatic heterocycles. The second-order valence-electron chi connectivity index (χ2n) is 6.85. The number of ether oxygens (including phenoxy) is 1. The van der Waals surface area contributed by atoms with E-state index < -0.39 is 0 Å². The molecule has 3 heterocycles. The first-order valence-electron chi connectivity index (χ1n) is 8.31. The molecule has 0 radical (unpaired) electrons. The second kappa shape index (κ2) is 5.94. The van der Waals surface area contributed by atoms with E-state index in [1.54, 1.807) is 7.11 Å². The quantitative estimate of drug-likeness (QED) is 0.933. The van der Waals surface area contributed by atoms with Crippen molar-refractivity contribution >= 4 is 5.91 Å². The lowest BCUT2D eigenvalue weighted by atomic mass is 10.0. The minimum atomic E-state index is 0.0549.